The van der Waals surface area contributed by atoms with Crippen LogP contribution in [-0.4, -0.2) is 5.78 Å². The summed E-state index contributed by atoms with van der Waals surface area (Å²) in [6, 6.07) is 0. The normalized spacial score (nSPS) is 6.25. The monoisotopic (exact) mass is 189 g/mol. The van der Waals surface area contributed by atoms with E-state index in [-0.39, 0.29) is 45.9 Å². The summed E-state index contributed by atoms with van der Waals surface area (Å²) >= 11 is 0. The molecule has 0 saturated carbocycles. The molecule has 0 aliphatic rings. The molecule has 0 aliphatic heterocycles. The summed E-state index contributed by atoms with van der Waals surface area (Å²) in [6.07, 6.45) is 1.07. The van der Waals surface area contributed by atoms with Crippen molar-refractivity contribution in [2.75, 3.05) is 0 Å². The SMILES string of the molecule is [CH2-]CC(=O)CC.[CH3-].[Y]. The molecule has 0 unspecified atom stereocenters. The van der Waals surface area contributed by atoms with Crippen molar-refractivity contribution in [3.8, 4) is 0 Å². The first kappa shape index (κ1) is 15.9. The molecule has 1 radical (unpaired) electrons. The van der Waals surface area contributed by atoms with E-state index in [4.69, 9.17) is 0 Å². The van der Waals surface area contributed by atoms with Gasteiger partial charge in [0.2, 0.25) is 0 Å². The minimum Gasteiger partial charge on any atom is -0.358 e. The molecular formula is C6H12OY-2. The van der Waals surface area contributed by atoms with Crippen LogP contribution in [-0.2, 0) is 37.5 Å². The van der Waals surface area contributed by atoms with E-state index in [0.29, 0.717) is 12.8 Å². The van der Waals surface area contributed by atoms with E-state index in [9.17, 15) is 4.79 Å². The van der Waals surface area contributed by atoms with Gasteiger partial charge in [-0.2, -0.15) is 0 Å². The van der Waals surface area contributed by atoms with Crippen molar-refractivity contribution < 1.29 is 37.5 Å². The van der Waals surface area contributed by atoms with Crippen LogP contribution >= 0.6 is 0 Å². The van der Waals surface area contributed by atoms with Crippen molar-refractivity contribution in [2.24, 2.45) is 0 Å². The van der Waals surface area contributed by atoms with Gasteiger partial charge in [-0.25, -0.2) is 0 Å². The third-order valence-electron chi connectivity index (χ3n) is 0.673. The smallest absolute Gasteiger partial charge is 0.103 e. The zero-order chi connectivity index (χ0) is 4.99. The van der Waals surface area contributed by atoms with Gasteiger partial charge in [-0.3, -0.25) is 0 Å². The molecule has 0 aromatic heterocycles. The van der Waals surface area contributed by atoms with Crippen molar-refractivity contribution in [2.45, 2.75) is 19.8 Å². The van der Waals surface area contributed by atoms with Crippen LogP contribution in [0.2, 0.25) is 0 Å². The molecule has 0 heterocycles. The van der Waals surface area contributed by atoms with Crippen molar-refractivity contribution in [3.63, 3.8) is 0 Å². The Morgan fingerprint density at radius 3 is 2.00 bits per heavy atom. The van der Waals surface area contributed by atoms with Gasteiger partial charge in [-0.05, 0) is 0 Å². The minimum atomic E-state index is 0. The molecule has 0 aromatic carbocycles. The third kappa shape index (κ3) is 9.91. The van der Waals surface area contributed by atoms with Gasteiger partial charge in [0.15, 0.2) is 0 Å². The summed E-state index contributed by atoms with van der Waals surface area (Å²) in [5.41, 5.74) is 0. The molecule has 0 atom stereocenters. The largest absolute Gasteiger partial charge is 0.358 e. The Bertz CT molecular complexity index is 46.5. The maximum Gasteiger partial charge on any atom is 0.103 e. The molecule has 0 bridgehead atoms. The average Bonchev–Trinajstić information content (AvgIpc) is 1.65. The molecular weight excluding hydrogens is 177 g/mol. The number of Topliss-reactive ketones (excluding diaryl/α,β-unsaturated/α-hetero) is 1. The van der Waals surface area contributed by atoms with Crippen molar-refractivity contribution in [1.82, 2.24) is 0 Å². The Kier molecular flexibility index (Phi) is 21.3. The Hall–Kier alpha value is 0.774. The number of carbonyl (C=O) groups is 1. The van der Waals surface area contributed by atoms with Crippen molar-refractivity contribution >= 4 is 5.78 Å². The minimum absolute atomic E-state index is 0. The van der Waals surface area contributed by atoms with Crippen molar-refractivity contribution in [3.05, 3.63) is 14.4 Å². The summed E-state index contributed by atoms with van der Waals surface area (Å²) in [5.74, 6) is 0.231. The van der Waals surface area contributed by atoms with Crippen LogP contribution in [0, 0.1) is 14.4 Å². The Morgan fingerprint density at radius 1 is 1.62 bits per heavy atom. The molecule has 0 amide bonds. The van der Waals surface area contributed by atoms with E-state index in [2.05, 4.69) is 6.92 Å². The first-order chi connectivity index (χ1) is 2.81. The zero-order valence-corrected chi connectivity index (χ0v) is 8.45. The topological polar surface area (TPSA) is 17.1 Å². The fourth-order valence-electron chi connectivity index (χ4n) is 0.177. The predicted octanol–water partition coefficient (Wildman–Crippen LogP) is 1.64. The maximum absolute atomic E-state index is 10.1. The van der Waals surface area contributed by atoms with E-state index >= 15 is 0 Å². The van der Waals surface area contributed by atoms with Crippen LogP contribution in [0.1, 0.15) is 19.8 Å². The Morgan fingerprint density at radius 2 is 2.00 bits per heavy atom. The van der Waals surface area contributed by atoms with Gasteiger partial charge in [-0.1, -0.05) is 6.92 Å². The van der Waals surface area contributed by atoms with Gasteiger partial charge in [0, 0.05) is 39.1 Å². The standard InChI is InChI=1S/C5H9O.CH3.Y/c1-3-5(6)4-2;;/h1,3-4H2,2H3;1H3;/q2*-1;. The second kappa shape index (κ2) is 10.7. The first-order valence-corrected chi connectivity index (χ1v) is 2.12. The molecule has 0 aliphatic carbocycles. The number of carbonyl (C=O) groups excluding carboxylic acids is 1. The Labute approximate surface area is 77.1 Å². The van der Waals surface area contributed by atoms with Crippen LogP contribution < -0.4 is 0 Å². The van der Waals surface area contributed by atoms with Crippen molar-refractivity contribution in [1.29, 1.82) is 0 Å². The van der Waals surface area contributed by atoms with E-state index in [1.165, 1.54) is 0 Å². The Balaban J connectivity index is -0.000000125. The molecule has 0 rings (SSSR count). The van der Waals surface area contributed by atoms with Gasteiger partial charge < -0.3 is 19.1 Å². The zero-order valence-electron chi connectivity index (χ0n) is 5.61. The van der Waals surface area contributed by atoms with Gasteiger partial charge in [0.1, 0.15) is 5.78 Å². The molecule has 0 spiro atoms. The molecule has 8 heavy (non-hydrogen) atoms. The number of hydrogen-bond donors (Lipinski definition) is 0. The van der Waals surface area contributed by atoms with Crippen LogP contribution in [0.3, 0.4) is 0 Å². The quantitative estimate of drug-likeness (QED) is 0.603. The summed E-state index contributed by atoms with van der Waals surface area (Å²) in [7, 11) is 0. The van der Waals surface area contributed by atoms with Gasteiger partial charge in [-0.15, -0.1) is 6.42 Å². The van der Waals surface area contributed by atoms with Crippen LogP contribution in [0.4, 0.5) is 0 Å². The summed E-state index contributed by atoms with van der Waals surface area (Å²) in [5, 5.41) is 0. The second-order valence-corrected chi connectivity index (χ2v) is 1.14. The molecule has 0 fully saturated rings. The number of hydrogen-bond acceptors (Lipinski definition) is 1. The fraction of sp³-hybridized carbons (Fsp3) is 0.500. The maximum atomic E-state index is 10.1. The summed E-state index contributed by atoms with van der Waals surface area (Å²) in [4.78, 5) is 10.1. The van der Waals surface area contributed by atoms with E-state index in [1.54, 1.807) is 0 Å². The van der Waals surface area contributed by atoms with Crippen LogP contribution in [0.15, 0.2) is 0 Å². The summed E-state index contributed by atoms with van der Waals surface area (Å²) in [6.45, 7) is 5.25. The second-order valence-electron chi connectivity index (χ2n) is 1.14. The predicted molar refractivity (Wildman–Crippen MR) is 31.7 cm³/mol. The molecule has 1 nitrogen and oxygen atoms in total. The van der Waals surface area contributed by atoms with Gasteiger partial charge in [0.25, 0.3) is 0 Å². The molecule has 0 aromatic rings. The van der Waals surface area contributed by atoms with E-state index < -0.39 is 0 Å². The first-order valence-electron chi connectivity index (χ1n) is 2.12. The van der Waals surface area contributed by atoms with Gasteiger partial charge >= 0.3 is 0 Å². The fourth-order valence-corrected chi connectivity index (χ4v) is 0.177. The molecule has 0 N–H and O–H groups in total. The van der Waals surface area contributed by atoms with E-state index in [0.717, 1.165) is 0 Å². The van der Waals surface area contributed by atoms with E-state index in [1.807, 2.05) is 6.92 Å². The van der Waals surface area contributed by atoms with Gasteiger partial charge in [0.05, 0.1) is 0 Å². The average molecular weight is 189 g/mol. The number of rotatable bonds is 2. The van der Waals surface area contributed by atoms with Crippen LogP contribution in [0.5, 0.6) is 0 Å². The summed E-state index contributed by atoms with van der Waals surface area (Å²) < 4.78 is 0. The third-order valence-corrected chi connectivity index (χ3v) is 0.673. The molecule has 47 valence electrons. The molecule has 2 heteroatoms. The van der Waals surface area contributed by atoms with Crippen LogP contribution in [0.25, 0.3) is 0 Å². The number of ketones is 1. The molecule has 0 saturated heterocycles.